The van der Waals surface area contributed by atoms with Crippen LogP contribution in [0.1, 0.15) is 17.2 Å². The highest BCUT2D eigenvalue weighted by molar-refractivity contribution is 5.77. The lowest BCUT2D eigenvalue weighted by Gasteiger charge is -2.15. The fourth-order valence-corrected chi connectivity index (χ4v) is 1.65. The maximum atomic E-state index is 11.9. The van der Waals surface area contributed by atoms with Crippen molar-refractivity contribution in [2.75, 3.05) is 13.7 Å². The summed E-state index contributed by atoms with van der Waals surface area (Å²) in [7, 11) is 1.70. The van der Waals surface area contributed by atoms with Crippen LogP contribution < -0.4 is 4.74 Å². The Morgan fingerprint density at radius 2 is 2.00 bits per heavy atom. The summed E-state index contributed by atoms with van der Waals surface area (Å²) < 4.78 is 5.45. The van der Waals surface area contributed by atoms with Gasteiger partial charge in [-0.1, -0.05) is 17.7 Å². The van der Waals surface area contributed by atoms with Gasteiger partial charge in [0.05, 0.1) is 6.54 Å². The van der Waals surface area contributed by atoms with Crippen LogP contribution in [0.25, 0.3) is 0 Å². The molecule has 0 radical (unpaired) electrons. The Morgan fingerprint density at radius 1 is 1.30 bits per heavy atom. The van der Waals surface area contributed by atoms with E-state index in [0.29, 0.717) is 18.1 Å². The average molecular weight is 274 g/mol. The third-order valence-electron chi connectivity index (χ3n) is 2.83. The standard InChI is InChI=1S/C14H18N4O2/c1-10-4-6-12(7-5-10)20-9-14(19)18(3)8-13-15-11(2)16-17-13/h4-7H,8-9H2,1-3H3,(H,15,16,17). The lowest BCUT2D eigenvalue weighted by atomic mass is 10.2. The monoisotopic (exact) mass is 274 g/mol. The van der Waals surface area contributed by atoms with Gasteiger partial charge >= 0.3 is 0 Å². The number of aromatic nitrogens is 3. The predicted molar refractivity (Wildman–Crippen MR) is 74.3 cm³/mol. The molecule has 0 aliphatic heterocycles. The summed E-state index contributed by atoms with van der Waals surface area (Å²) in [5, 5.41) is 6.74. The van der Waals surface area contributed by atoms with E-state index in [2.05, 4.69) is 15.2 Å². The third kappa shape index (κ3) is 3.81. The first-order chi connectivity index (χ1) is 9.54. The number of benzene rings is 1. The molecule has 0 atom stereocenters. The lowest BCUT2D eigenvalue weighted by Crippen LogP contribution is -2.31. The van der Waals surface area contributed by atoms with Crippen LogP contribution >= 0.6 is 0 Å². The molecule has 106 valence electrons. The van der Waals surface area contributed by atoms with Crippen molar-refractivity contribution in [3.8, 4) is 5.75 Å². The van der Waals surface area contributed by atoms with E-state index in [1.165, 1.54) is 4.90 Å². The van der Waals surface area contributed by atoms with Crippen LogP contribution in [-0.2, 0) is 11.3 Å². The quantitative estimate of drug-likeness (QED) is 0.896. The second kappa shape index (κ2) is 6.18. The third-order valence-corrected chi connectivity index (χ3v) is 2.83. The number of rotatable bonds is 5. The van der Waals surface area contributed by atoms with Crippen molar-refractivity contribution in [3.63, 3.8) is 0 Å². The van der Waals surface area contributed by atoms with E-state index >= 15 is 0 Å². The van der Waals surface area contributed by atoms with Crippen LogP contribution in [0.2, 0.25) is 0 Å². The predicted octanol–water partition coefficient (Wildman–Crippen LogP) is 1.46. The number of carbonyl (C=O) groups is 1. The van der Waals surface area contributed by atoms with Crippen molar-refractivity contribution in [1.29, 1.82) is 0 Å². The summed E-state index contributed by atoms with van der Waals surface area (Å²) in [6, 6.07) is 7.59. The second-order valence-corrected chi connectivity index (χ2v) is 4.69. The summed E-state index contributed by atoms with van der Waals surface area (Å²) in [5.41, 5.74) is 1.15. The number of hydrogen-bond acceptors (Lipinski definition) is 4. The molecule has 1 amide bonds. The number of hydrogen-bond donors (Lipinski definition) is 1. The Bertz CT molecular complexity index is 577. The summed E-state index contributed by atoms with van der Waals surface area (Å²) in [5.74, 6) is 1.89. The molecule has 2 aromatic rings. The maximum absolute atomic E-state index is 11.9. The number of aryl methyl sites for hydroxylation is 2. The Hall–Kier alpha value is -2.37. The first kappa shape index (κ1) is 14.0. The molecule has 1 N–H and O–H groups in total. The van der Waals surface area contributed by atoms with Gasteiger partial charge in [-0.2, -0.15) is 5.10 Å². The first-order valence-corrected chi connectivity index (χ1v) is 6.36. The van der Waals surface area contributed by atoms with Crippen molar-refractivity contribution in [2.24, 2.45) is 0 Å². The van der Waals surface area contributed by atoms with E-state index in [4.69, 9.17) is 4.74 Å². The Labute approximate surface area is 117 Å². The molecular formula is C14H18N4O2. The number of H-pyrrole nitrogens is 1. The van der Waals surface area contributed by atoms with Crippen molar-refractivity contribution < 1.29 is 9.53 Å². The molecule has 2 rings (SSSR count). The fourth-order valence-electron chi connectivity index (χ4n) is 1.65. The van der Waals surface area contributed by atoms with Crippen LogP contribution in [-0.4, -0.2) is 39.6 Å². The molecule has 1 aromatic heterocycles. The van der Waals surface area contributed by atoms with Crippen LogP contribution in [0.5, 0.6) is 5.75 Å². The molecule has 1 heterocycles. The summed E-state index contributed by atoms with van der Waals surface area (Å²) in [6.07, 6.45) is 0. The van der Waals surface area contributed by atoms with E-state index in [1.54, 1.807) is 7.05 Å². The van der Waals surface area contributed by atoms with E-state index in [1.807, 2.05) is 38.1 Å². The number of nitrogens with one attached hydrogen (secondary N) is 1. The average Bonchev–Trinajstić information content (AvgIpc) is 2.83. The minimum absolute atomic E-state index is 0.00294. The van der Waals surface area contributed by atoms with Gasteiger partial charge in [-0.05, 0) is 26.0 Å². The maximum Gasteiger partial charge on any atom is 0.260 e. The minimum Gasteiger partial charge on any atom is -0.484 e. The number of aromatic amines is 1. The molecule has 0 spiro atoms. The molecule has 0 aliphatic rings. The normalized spacial score (nSPS) is 10.3. The molecule has 0 bridgehead atoms. The molecule has 6 heteroatoms. The highest BCUT2D eigenvalue weighted by Crippen LogP contribution is 2.11. The number of amides is 1. The Morgan fingerprint density at radius 3 is 2.60 bits per heavy atom. The SMILES string of the molecule is Cc1ccc(OCC(=O)N(C)Cc2n[nH]c(C)n2)cc1. The van der Waals surface area contributed by atoms with Gasteiger partial charge in [0.1, 0.15) is 11.6 Å². The molecule has 1 aromatic carbocycles. The van der Waals surface area contributed by atoms with E-state index < -0.39 is 0 Å². The van der Waals surface area contributed by atoms with Gasteiger partial charge in [-0.15, -0.1) is 0 Å². The molecule has 6 nitrogen and oxygen atoms in total. The smallest absolute Gasteiger partial charge is 0.260 e. The summed E-state index contributed by atoms with van der Waals surface area (Å²) in [6.45, 7) is 4.18. The topological polar surface area (TPSA) is 71.1 Å². The molecule has 0 saturated heterocycles. The van der Waals surface area contributed by atoms with Crippen molar-refractivity contribution in [3.05, 3.63) is 41.5 Å². The Balaban J connectivity index is 1.83. The zero-order chi connectivity index (χ0) is 14.5. The van der Waals surface area contributed by atoms with Crippen LogP contribution in [0, 0.1) is 13.8 Å². The molecule has 0 fully saturated rings. The zero-order valence-corrected chi connectivity index (χ0v) is 11.9. The van der Waals surface area contributed by atoms with Gasteiger partial charge in [-0.25, -0.2) is 4.98 Å². The van der Waals surface area contributed by atoms with Crippen LogP contribution in [0.3, 0.4) is 0 Å². The van der Waals surface area contributed by atoms with Gasteiger partial charge in [0, 0.05) is 7.05 Å². The molecule has 0 unspecified atom stereocenters. The Kier molecular flexibility index (Phi) is 4.34. The number of carbonyl (C=O) groups excluding carboxylic acids is 1. The van der Waals surface area contributed by atoms with E-state index in [-0.39, 0.29) is 12.5 Å². The van der Waals surface area contributed by atoms with Crippen molar-refractivity contribution in [2.45, 2.75) is 20.4 Å². The summed E-state index contributed by atoms with van der Waals surface area (Å²) in [4.78, 5) is 17.6. The number of nitrogens with zero attached hydrogens (tertiary/aromatic N) is 3. The van der Waals surface area contributed by atoms with Gasteiger partial charge in [-0.3, -0.25) is 9.89 Å². The minimum atomic E-state index is -0.118. The second-order valence-electron chi connectivity index (χ2n) is 4.69. The molecule has 20 heavy (non-hydrogen) atoms. The number of ether oxygens (including phenoxy) is 1. The molecule has 0 aliphatic carbocycles. The van der Waals surface area contributed by atoms with Crippen LogP contribution in [0.4, 0.5) is 0 Å². The van der Waals surface area contributed by atoms with Gasteiger partial charge in [0.25, 0.3) is 5.91 Å². The number of likely N-dealkylation sites (N-methyl/N-ethyl adjacent to an activating group) is 1. The van der Waals surface area contributed by atoms with Gasteiger partial charge in [0.15, 0.2) is 12.4 Å². The molecule has 0 saturated carbocycles. The van der Waals surface area contributed by atoms with Gasteiger partial charge in [0.2, 0.25) is 0 Å². The molecular weight excluding hydrogens is 256 g/mol. The zero-order valence-electron chi connectivity index (χ0n) is 11.9. The summed E-state index contributed by atoms with van der Waals surface area (Å²) >= 11 is 0. The highest BCUT2D eigenvalue weighted by atomic mass is 16.5. The van der Waals surface area contributed by atoms with E-state index in [9.17, 15) is 4.79 Å². The van der Waals surface area contributed by atoms with Crippen molar-refractivity contribution >= 4 is 5.91 Å². The highest BCUT2D eigenvalue weighted by Gasteiger charge is 2.12. The lowest BCUT2D eigenvalue weighted by molar-refractivity contribution is -0.132. The fraction of sp³-hybridized carbons (Fsp3) is 0.357. The van der Waals surface area contributed by atoms with E-state index in [0.717, 1.165) is 11.4 Å². The first-order valence-electron chi connectivity index (χ1n) is 6.36. The largest absolute Gasteiger partial charge is 0.484 e. The van der Waals surface area contributed by atoms with Crippen LogP contribution in [0.15, 0.2) is 24.3 Å². The van der Waals surface area contributed by atoms with Crippen molar-refractivity contribution in [1.82, 2.24) is 20.1 Å². The van der Waals surface area contributed by atoms with Gasteiger partial charge < -0.3 is 9.64 Å².